The second kappa shape index (κ2) is 9.27. The van der Waals surface area contributed by atoms with Crippen LogP contribution in [0, 0.1) is 0 Å². The molecule has 0 aromatic rings. The van der Waals surface area contributed by atoms with Crippen LogP contribution in [0.5, 0.6) is 0 Å². The van der Waals surface area contributed by atoms with Crippen LogP contribution in [-0.4, -0.2) is 69.0 Å². The number of halogens is 1. The largest absolute Gasteiger partial charge is 0.357 e. The van der Waals surface area contributed by atoms with E-state index in [4.69, 9.17) is 0 Å². The first kappa shape index (κ1) is 20.0. The molecule has 0 amide bonds. The van der Waals surface area contributed by atoms with Gasteiger partial charge in [0.05, 0.1) is 18.1 Å². The molecule has 2 unspecified atom stereocenters. The van der Waals surface area contributed by atoms with Gasteiger partial charge in [0.1, 0.15) is 0 Å². The Bertz CT molecular complexity index is 469. The van der Waals surface area contributed by atoms with Crippen molar-refractivity contribution in [2.75, 3.05) is 37.7 Å². The summed E-state index contributed by atoms with van der Waals surface area (Å²) in [6.07, 6.45) is 3.13. The molecule has 0 spiro atoms. The number of aliphatic imine (C=N–C) groups is 1. The molecule has 0 radical (unpaired) electrons. The third-order valence-electron chi connectivity index (χ3n) is 4.28. The Morgan fingerprint density at radius 2 is 2.09 bits per heavy atom. The highest BCUT2D eigenvalue weighted by Crippen LogP contribution is 2.16. The maximum Gasteiger partial charge on any atom is 0.191 e. The Balaban J connectivity index is 0.00000242. The number of sulfone groups is 1. The van der Waals surface area contributed by atoms with Crippen molar-refractivity contribution in [3.8, 4) is 0 Å². The molecule has 0 aliphatic carbocycles. The Hall–Kier alpha value is -0.0900. The number of likely N-dealkylation sites (N-methyl/N-ethyl adjacent to an activating group) is 1. The molecule has 2 saturated heterocycles. The van der Waals surface area contributed by atoms with E-state index in [9.17, 15) is 8.42 Å². The fourth-order valence-electron chi connectivity index (χ4n) is 3.14. The van der Waals surface area contributed by atoms with Gasteiger partial charge in [-0.05, 0) is 39.3 Å². The Morgan fingerprint density at radius 3 is 2.68 bits per heavy atom. The number of hydrogen-bond acceptors (Lipinski definition) is 4. The molecule has 0 aromatic heterocycles. The zero-order valence-corrected chi connectivity index (χ0v) is 16.7. The minimum absolute atomic E-state index is 0. The minimum atomic E-state index is -2.85. The molecule has 2 aliphatic heterocycles. The first-order valence-corrected chi connectivity index (χ1v) is 9.85. The van der Waals surface area contributed by atoms with Gasteiger partial charge in [0.25, 0.3) is 0 Å². The second-order valence-corrected chi connectivity index (χ2v) is 8.12. The average Bonchev–Trinajstić information content (AvgIpc) is 3.02. The summed E-state index contributed by atoms with van der Waals surface area (Å²) in [4.78, 5) is 7.13. The van der Waals surface area contributed by atoms with E-state index in [2.05, 4.69) is 27.4 Å². The number of rotatable bonds is 5. The molecule has 6 nitrogen and oxygen atoms in total. The first-order chi connectivity index (χ1) is 10.0. The van der Waals surface area contributed by atoms with Crippen LogP contribution in [0.4, 0.5) is 0 Å². The van der Waals surface area contributed by atoms with Crippen LogP contribution in [-0.2, 0) is 9.84 Å². The second-order valence-electron chi connectivity index (χ2n) is 5.89. The normalized spacial score (nSPS) is 28.4. The number of nitrogens with one attached hydrogen (secondary N) is 2. The zero-order chi connectivity index (χ0) is 15.3. The van der Waals surface area contributed by atoms with Crippen LogP contribution < -0.4 is 10.6 Å². The molecule has 2 rings (SSSR count). The highest BCUT2D eigenvalue weighted by molar-refractivity contribution is 14.0. The summed E-state index contributed by atoms with van der Waals surface area (Å²) in [6.45, 7) is 8.02. The Morgan fingerprint density at radius 1 is 1.32 bits per heavy atom. The number of likely N-dealkylation sites (tertiary alicyclic amines) is 1. The van der Waals surface area contributed by atoms with E-state index in [1.165, 1.54) is 19.4 Å². The van der Waals surface area contributed by atoms with E-state index in [0.29, 0.717) is 12.5 Å². The molecular weight excluding hydrogens is 415 g/mol. The van der Waals surface area contributed by atoms with Gasteiger partial charge < -0.3 is 10.6 Å². The van der Waals surface area contributed by atoms with Crippen LogP contribution >= 0.6 is 24.0 Å². The summed E-state index contributed by atoms with van der Waals surface area (Å²) in [7, 11) is -2.85. The maximum atomic E-state index is 11.5. The topological polar surface area (TPSA) is 73.8 Å². The summed E-state index contributed by atoms with van der Waals surface area (Å²) < 4.78 is 23.0. The lowest BCUT2D eigenvalue weighted by Gasteiger charge is -2.22. The van der Waals surface area contributed by atoms with Crippen molar-refractivity contribution in [1.82, 2.24) is 15.5 Å². The van der Waals surface area contributed by atoms with Gasteiger partial charge in [0.15, 0.2) is 15.8 Å². The van der Waals surface area contributed by atoms with Crippen LogP contribution in [0.2, 0.25) is 0 Å². The van der Waals surface area contributed by atoms with Gasteiger partial charge >= 0.3 is 0 Å². The van der Waals surface area contributed by atoms with Gasteiger partial charge in [-0.15, -0.1) is 24.0 Å². The fourth-order valence-corrected chi connectivity index (χ4v) is 4.81. The van der Waals surface area contributed by atoms with E-state index in [1.807, 2.05) is 6.92 Å². The van der Waals surface area contributed by atoms with Crippen molar-refractivity contribution in [3.63, 3.8) is 0 Å². The molecule has 0 saturated carbocycles. The van der Waals surface area contributed by atoms with Gasteiger partial charge in [-0.1, -0.05) is 6.92 Å². The third kappa shape index (κ3) is 5.84. The maximum absolute atomic E-state index is 11.5. The van der Waals surface area contributed by atoms with Crippen molar-refractivity contribution in [3.05, 3.63) is 0 Å². The molecule has 0 bridgehead atoms. The molecule has 2 atom stereocenters. The highest BCUT2D eigenvalue weighted by atomic mass is 127. The molecule has 2 fully saturated rings. The molecule has 2 aliphatic rings. The molecule has 8 heteroatoms. The monoisotopic (exact) mass is 444 g/mol. The summed E-state index contributed by atoms with van der Waals surface area (Å²) in [5, 5.41) is 6.49. The SMILES string of the molecule is CCNC(=NCC1CCCN1CC)NC1CCS(=O)(=O)C1.I. The van der Waals surface area contributed by atoms with Gasteiger partial charge in [-0.3, -0.25) is 9.89 Å². The zero-order valence-electron chi connectivity index (χ0n) is 13.5. The third-order valence-corrected chi connectivity index (χ3v) is 6.05. The molecule has 2 N–H and O–H groups in total. The van der Waals surface area contributed by atoms with Crippen molar-refractivity contribution in [2.24, 2.45) is 4.99 Å². The smallest absolute Gasteiger partial charge is 0.191 e. The molecular formula is C14H29IN4O2S. The molecule has 22 heavy (non-hydrogen) atoms. The van der Waals surface area contributed by atoms with E-state index < -0.39 is 9.84 Å². The summed E-state index contributed by atoms with van der Waals surface area (Å²) >= 11 is 0. The summed E-state index contributed by atoms with van der Waals surface area (Å²) in [5.41, 5.74) is 0. The molecule has 0 aromatic carbocycles. The fraction of sp³-hybridized carbons (Fsp3) is 0.929. The van der Waals surface area contributed by atoms with Gasteiger partial charge in [0.2, 0.25) is 0 Å². The van der Waals surface area contributed by atoms with E-state index in [0.717, 1.165) is 25.6 Å². The average molecular weight is 444 g/mol. The molecule has 130 valence electrons. The van der Waals surface area contributed by atoms with Crippen molar-refractivity contribution in [1.29, 1.82) is 0 Å². The van der Waals surface area contributed by atoms with Crippen molar-refractivity contribution >= 4 is 39.8 Å². The first-order valence-electron chi connectivity index (χ1n) is 8.03. The van der Waals surface area contributed by atoms with E-state index in [-0.39, 0.29) is 41.5 Å². The standard InChI is InChI=1S/C14H28N4O2S.HI/c1-3-15-14(17-12-7-9-21(19,20)11-12)16-10-13-6-5-8-18(13)4-2;/h12-13H,3-11H2,1-2H3,(H2,15,16,17);1H. The van der Waals surface area contributed by atoms with Gasteiger partial charge in [-0.2, -0.15) is 0 Å². The highest BCUT2D eigenvalue weighted by Gasteiger charge is 2.28. The number of hydrogen-bond donors (Lipinski definition) is 2. The van der Waals surface area contributed by atoms with Crippen molar-refractivity contribution < 1.29 is 8.42 Å². The predicted octanol–water partition coefficient (Wildman–Crippen LogP) is 0.831. The van der Waals surface area contributed by atoms with Crippen LogP contribution in [0.3, 0.4) is 0 Å². The lowest BCUT2D eigenvalue weighted by Crippen LogP contribution is -2.44. The van der Waals surface area contributed by atoms with E-state index >= 15 is 0 Å². The van der Waals surface area contributed by atoms with Crippen molar-refractivity contribution in [2.45, 2.75) is 45.2 Å². The number of guanidine groups is 1. The predicted molar refractivity (Wildman–Crippen MR) is 102 cm³/mol. The molecule has 2 heterocycles. The lowest BCUT2D eigenvalue weighted by atomic mass is 10.2. The van der Waals surface area contributed by atoms with Gasteiger partial charge in [0, 0.05) is 18.6 Å². The summed E-state index contributed by atoms with van der Waals surface area (Å²) in [5.74, 6) is 1.26. The van der Waals surface area contributed by atoms with Gasteiger partial charge in [-0.25, -0.2) is 8.42 Å². The Kier molecular flexibility index (Phi) is 8.40. The van der Waals surface area contributed by atoms with Crippen LogP contribution in [0.25, 0.3) is 0 Å². The van der Waals surface area contributed by atoms with Crippen LogP contribution in [0.1, 0.15) is 33.1 Å². The quantitative estimate of drug-likeness (QED) is 0.374. The lowest BCUT2D eigenvalue weighted by molar-refractivity contribution is 0.273. The number of nitrogens with zero attached hydrogens (tertiary/aromatic N) is 2. The minimum Gasteiger partial charge on any atom is -0.357 e. The van der Waals surface area contributed by atoms with Crippen LogP contribution in [0.15, 0.2) is 4.99 Å². The summed E-state index contributed by atoms with van der Waals surface area (Å²) in [6, 6.07) is 0.524. The Labute approximate surface area is 151 Å². The van der Waals surface area contributed by atoms with E-state index in [1.54, 1.807) is 0 Å².